The fourth-order valence-electron chi connectivity index (χ4n) is 3.53. The highest BCUT2D eigenvalue weighted by atomic mass is 16.5. The average molecular weight is 370 g/mol. The van der Waals surface area contributed by atoms with Crippen molar-refractivity contribution in [2.24, 2.45) is 0 Å². The summed E-state index contributed by atoms with van der Waals surface area (Å²) in [5, 5.41) is 0. The van der Waals surface area contributed by atoms with Crippen LogP contribution in [0.4, 0.5) is 0 Å². The molecule has 6 heteroatoms. The maximum absolute atomic E-state index is 12.5. The van der Waals surface area contributed by atoms with E-state index >= 15 is 0 Å². The monoisotopic (exact) mass is 370 g/mol. The van der Waals surface area contributed by atoms with Gasteiger partial charge in [0.25, 0.3) is 0 Å². The molecule has 0 spiro atoms. The second-order valence-electron chi connectivity index (χ2n) is 6.96. The van der Waals surface area contributed by atoms with Crippen molar-refractivity contribution in [3.8, 4) is 5.75 Å². The number of hydrogen-bond acceptors (Lipinski definition) is 4. The number of ether oxygens (including phenoxy) is 1. The van der Waals surface area contributed by atoms with Gasteiger partial charge in [-0.1, -0.05) is 19.1 Å². The van der Waals surface area contributed by atoms with Crippen LogP contribution in [0.5, 0.6) is 5.75 Å². The van der Waals surface area contributed by atoms with Gasteiger partial charge in [0.2, 0.25) is 5.91 Å². The van der Waals surface area contributed by atoms with E-state index < -0.39 is 0 Å². The molecule has 1 aromatic heterocycles. The van der Waals surface area contributed by atoms with Crippen LogP contribution < -0.4 is 4.74 Å². The number of nitrogens with zero attached hydrogens (tertiary/aromatic N) is 4. The Balaban J connectivity index is 1.38. The lowest BCUT2D eigenvalue weighted by atomic mass is 10.1. The summed E-state index contributed by atoms with van der Waals surface area (Å²) in [6, 6.07) is 7.96. The third-order valence-corrected chi connectivity index (χ3v) is 5.29. The zero-order chi connectivity index (χ0) is 19.1. The molecular weight excluding hydrogens is 340 g/mol. The lowest BCUT2D eigenvalue weighted by Crippen LogP contribution is -2.49. The molecular formula is C21H30N4O2. The predicted molar refractivity (Wildman–Crippen MR) is 106 cm³/mol. The first kappa shape index (κ1) is 19.4. The van der Waals surface area contributed by atoms with Crippen LogP contribution >= 0.6 is 0 Å². The molecule has 1 aliphatic heterocycles. The van der Waals surface area contributed by atoms with E-state index in [0.717, 1.165) is 63.7 Å². The molecule has 1 aromatic carbocycles. The molecule has 0 N–H and O–H groups in total. The number of imidazole rings is 1. The first-order chi connectivity index (χ1) is 13.2. The van der Waals surface area contributed by atoms with Gasteiger partial charge in [-0.25, -0.2) is 4.98 Å². The summed E-state index contributed by atoms with van der Waals surface area (Å²) >= 11 is 0. The Hall–Kier alpha value is -2.34. The van der Waals surface area contributed by atoms with Crippen LogP contribution in [0, 0.1) is 0 Å². The number of amides is 1. The summed E-state index contributed by atoms with van der Waals surface area (Å²) in [4.78, 5) is 21.3. The van der Waals surface area contributed by atoms with Crippen LogP contribution in [0.1, 0.15) is 24.7 Å². The van der Waals surface area contributed by atoms with Gasteiger partial charge in [-0.05, 0) is 24.1 Å². The largest absolute Gasteiger partial charge is 0.497 e. The molecule has 3 rings (SSSR count). The summed E-state index contributed by atoms with van der Waals surface area (Å²) in [6.07, 6.45) is 6.24. The van der Waals surface area contributed by atoms with Crippen molar-refractivity contribution in [1.82, 2.24) is 19.4 Å². The Bertz CT molecular complexity index is 718. The lowest BCUT2D eigenvalue weighted by molar-refractivity contribution is -0.132. The van der Waals surface area contributed by atoms with Crippen molar-refractivity contribution < 1.29 is 9.53 Å². The number of aryl methyl sites for hydroxylation is 2. The van der Waals surface area contributed by atoms with Crippen molar-refractivity contribution in [2.45, 2.75) is 32.7 Å². The number of carbonyl (C=O) groups is 1. The predicted octanol–water partition coefficient (Wildman–Crippen LogP) is 2.23. The molecule has 2 aromatic rings. The average Bonchev–Trinajstić information content (AvgIpc) is 3.19. The van der Waals surface area contributed by atoms with Crippen LogP contribution in [0.3, 0.4) is 0 Å². The highest BCUT2D eigenvalue weighted by Gasteiger charge is 2.20. The highest BCUT2D eigenvalue weighted by molar-refractivity contribution is 5.76. The van der Waals surface area contributed by atoms with Gasteiger partial charge >= 0.3 is 0 Å². The number of benzene rings is 1. The zero-order valence-corrected chi connectivity index (χ0v) is 16.4. The van der Waals surface area contributed by atoms with Gasteiger partial charge in [0.05, 0.1) is 7.11 Å². The van der Waals surface area contributed by atoms with Crippen LogP contribution in [0.15, 0.2) is 36.7 Å². The zero-order valence-electron chi connectivity index (χ0n) is 16.4. The van der Waals surface area contributed by atoms with E-state index in [4.69, 9.17) is 4.74 Å². The highest BCUT2D eigenvalue weighted by Crippen LogP contribution is 2.13. The first-order valence-corrected chi connectivity index (χ1v) is 9.82. The Morgan fingerprint density at radius 3 is 2.52 bits per heavy atom. The van der Waals surface area contributed by atoms with E-state index in [1.807, 2.05) is 35.4 Å². The number of piperazine rings is 1. The Morgan fingerprint density at radius 2 is 1.85 bits per heavy atom. The van der Waals surface area contributed by atoms with Crippen LogP contribution in [0.25, 0.3) is 0 Å². The molecule has 0 unspecified atom stereocenters. The maximum Gasteiger partial charge on any atom is 0.222 e. The molecule has 0 atom stereocenters. The van der Waals surface area contributed by atoms with Gasteiger partial charge < -0.3 is 14.2 Å². The van der Waals surface area contributed by atoms with E-state index in [-0.39, 0.29) is 5.91 Å². The second kappa shape index (κ2) is 9.55. The van der Waals surface area contributed by atoms with Crippen molar-refractivity contribution >= 4 is 5.91 Å². The fourth-order valence-corrected chi connectivity index (χ4v) is 3.53. The molecule has 1 fully saturated rings. The number of carbonyl (C=O) groups excluding carboxylic acids is 1. The van der Waals surface area contributed by atoms with Crippen molar-refractivity contribution in [3.63, 3.8) is 0 Å². The minimum absolute atomic E-state index is 0.258. The quantitative estimate of drug-likeness (QED) is 0.715. The SMILES string of the molecule is CCc1nccn1CCN1CCN(C(=O)CCc2ccc(OC)cc2)CC1. The second-order valence-corrected chi connectivity index (χ2v) is 6.96. The summed E-state index contributed by atoms with van der Waals surface area (Å²) in [7, 11) is 1.66. The number of aromatic nitrogens is 2. The molecule has 2 heterocycles. The Kier molecular flexibility index (Phi) is 6.87. The van der Waals surface area contributed by atoms with Gasteiger partial charge in [0.15, 0.2) is 0 Å². The van der Waals surface area contributed by atoms with Crippen LogP contribution in [-0.2, 0) is 24.2 Å². The molecule has 0 saturated carbocycles. The smallest absolute Gasteiger partial charge is 0.222 e. The number of hydrogen-bond donors (Lipinski definition) is 0. The standard InChI is InChI=1S/C21H30N4O2/c1-3-20-22-10-11-24(20)15-12-23-13-16-25(17-14-23)21(26)9-6-18-4-7-19(27-2)8-5-18/h4-5,7-8,10-11H,3,6,9,12-17H2,1-2H3. The van der Waals surface area contributed by atoms with Crippen LogP contribution in [0.2, 0.25) is 0 Å². The van der Waals surface area contributed by atoms with E-state index in [2.05, 4.69) is 27.6 Å². The van der Waals surface area contributed by atoms with Gasteiger partial charge in [-0.3, -0.25) is 9.69 Å². The molecule has 1 aliphatic rings. The van der Waals surface area contributed by atoms with Crippen molar-refractivity contribution in [3.05, 3.63) is 48.0 Å². The minimum atomic E-state index is 0.258. The third-order valence-electron chi connectivity index (χ3n) is 5.29. The van der Waals surface area contributed by atoms with E-state index in [9.17, 15) is 4.79 Å². The molecule has 146 valence electrons. The fraction of sp³-hybridized carbons (Fsp3) is 0.524. The summed E-state index contributed by atoms with van der Waals surface area (Å²) in [5.74, 6) is 2.25. The number of rotatable bonds is 8. The Labute approximate surface area is 161 Å². The Morgan fingerprint density at radius 1 is 1.11 bits per heavy atom. The molecule has 1 saturated heterocycles. The van der Waals surface area contributed by atoms with Gasteiger partial charge in [-0.2, -0.15) is 0 Å². The molecule has 0 radical (unpaired) electrons. The van der Waals surface area contributed by atoms with E-state index in [0.29, 0.717) is 6.42 Å². The summed E-state index contributed by atoms with van der Waals surface area (Å²) in [6.45, 7) is 7.66. The normalized spacial score (nSPS) is 15.1. The molecule has 6 nitrogen and oxygen atoms in total. The van der Waals surface area contributed by atoms with Crippen molar-refractivity contribution in [2.75, 3.05) is 39.8 Å². The number of methoxy groups -OCH3 is 1. The van der Waals surface area contributed by atoms with E-state index in [1.165, 1.54) is 5.56 Å². The molecule has 0 aliphatic carbocycles. The molecule has 1 amide bonds. The topological polar surface area (TPSA) is 50.6 Å². The summed E-state index contributed by atoms with van der Waals surface area (Å²) in [5.41, 5.74) is 1.18. The maximum atomic E-state index is 12.5. The van der Waals surface area contributed by atoms with E-state index in [1.54, 1.807) is 7.11 Å². The molecule has 0 bridgehead atoms. The first-order valence-electron chi connectivity index (χ1n) is 9.82. The molecule has 27 heavy (non-hydrogen) atoms. The lowest BCUT2D eigenvalue weighted by Gasteiger charge is -2.35. The van der Waals surface area contributed by atoms with Crippen LogP contribution in [-0.4, -0.2) is 65.1 Å². The van der Waals surface area contributed by atoms with Crippen molar-refractivity contribution in [1.29, 1.82) is 0 Å². The van der Waals surface area contributed by atoms with Gasteiger partial charge in [-0.15, -0.1) is 0 Å². The van der Waals surface area contributed by atoms with Gasteiger partial charge in [0, 0.05) is 64.5 Å². The summed E-state index contributed by atoms with van der Waals surface area (Å²) < 4.78 is 7.40. The minimum Gasteiger partial charge on any atom is -0.497 e. The van der Waals surface area contributed by atoms with Gasteiger partial charge in [0.1, 0.15) is 11.6 Å². The third kappa shape index (κ3) is 5.32.